The number of nitrogens with one attached hydrogen (secondary N) is 1. The van der Waals surface area contributed by atoms with Crippen LogP contribution in [-0.2, 0) is 11.2 Å². The van der Waals surface area contributed by atoms with Crippen LogP contribution in [0.25, 0.3) is 0 Å². The van der Waals surface area contributed by atoms with Gasteiger partial charge in [0.2, 0.25) is 5.91 Å². The Morgan fingerprint density at radius 1 is 1.41 bits per heavy atom. The second-order valence-electron chi connectivity index (χ2n) is 4.36. The van der Waals surface area contributed by atoms with E-state index in [1.807, 2.05) is 6.07 Å². The standard InChI is InChI=1S/C13H15NO3/c1-8(15)14-12-4-2-3-9-7-10(13(16)17)5-6-11(9)12/h5-7,12H,2-4H2,1H3,(H,14,15)(H,16,17). The molecule has 0 bridgehead atoms. The summed E-state index contributed by atoms with van der Waals surface area (Å²) < 4.78 is 0. The highest BCUT2D eigenvalue weighted by molar-refractivity contribution is 5.88. The Bertz CT molecular complexity index is 468. The third kappa shape index (κ3) is 2.46. The largest absolute Gasteiger partial charge is 0.478 e. The van der Waals surface area contributed by atoms with Gasteiger partial charge in [-0.2, -0.15) is 0 Å². The molecule has 1 atom stereocenters. The highest BCUT2D eigenvalue weighted by Gasteiger charge is 2.21. The van der Waals surface area contributed by atoms with E-state index in [1.54, 1.807) is 12.1 Å². The summed E-state index contributed by atoms with van der Waals surface area (Å²) >= 11 is 0. The van der Waals surface area contributed by atoms with E-state index in [1.165, 1.54) is 6.92 Å². The Balaban J connectivity index is 2.33. The van der Waals surface area contributed by atoms with Gasteiger partial charge in [-0.05, 0) is 42.5 Å². The number of hydrogen-bond donors (Lipinski definition) is 2. The highest BCUT2D eigenvalue weighted by Crippen LogP contribution is 2.30. The Morgan fingerprint density at radius 2 is 2.18 bits per heavy atom. The Hall–Kier alpha value is -1.84. The molecular weight excluding hydrogens is 218 g/mol. The van der Waals surface area contributed by atoms with Crippen molar-refractivity contribution >= 4 is 11.9 Å². The van der Waals surface area contributed by atoms with E-state index in [9.17, 15) is 9.59 Å². The van der Waals surface area contributed by atoms with Gasteiger partial charge in [-0.3, -0.25) is 4.79 Å². The zero-order valence-electron chi connectivity index (χ0n) is 9.69. The fourth-order valence-corrected chi connectivity index (χ4v) is 2.34. The summed E-state index contributed by atoms with van der Waals surface area (Å²) in [6.45, 7) is 1.50. The third-order valence-corrected chi connectivity index (χ3v) is 3.08. The van der Waals surface area contributed by atoms with Gasteiger partial charge >= 0.3 is 5.97 Å². The minimum atomic E-state index is -0.908. The molecule has 2 rings (SSSR count). The van der Waals surface area contributed by atoms with Gasteiger partial charge in [-0.1, -0.05) is 6.07 Å². The van der Waals surface area contributed by atoms with Crippen LogP contribution in [0.1, 0.15) is 47.3 Å². The maximum atomic E-state index is 11.1. The SMILES string of the molecule is CC(=O)NC1CCCc2cc(C(=O)O)ccc21. The molecule has 4 nitrogen and oxygen atoms in total. The van der Waals surface area contributed by atoms with Crippen molar-refractivity contribution in [2.24, 2.45) is 0 Å². The number of benzene rings is 1. The second-order valence-corrected chi connectivity index (χ2v) is 4.36. The van der Waals surface area contributed by atoms with Crippen LogP contribution >= 0.6 is 0 Å². The number of carbonyl (C=O) groups is 2. The lowest BCUT2D eigenvalue weighted by atomic mass is 9.86. The average Bonchev–Trinajstić information content (AvgIpc) is 2.28. The zero-order chi connectivity index (χ0) is 12.4. The molecule has 4 heteroatoms. The summed E-state index contributed by atoms with van der Waals surface area (Å²) in [4.78, 5) is 22.0. The summed E-state index contributed by atoms with van der Waals surface area (Å²) in [7, 11) is 0. The summed E-state index contributed by atoms with van der Waals surface area (Å²) in [5.41, 5.74) is 2.40. The molecule has 0 heterocycles. The second kappa shape index (κ2) is 4.57. The van der Waals surface area contributed by atoms with Gasteiger partial charge in [0.05, 0.1) is 11.6 Å². The Morgan fingerprint density at radius 3 is 2.82 bits per heavy atom. The molecule has 1 aromatic rings. The fourth-order valence-electron chi connectivity index (χ4n) is 2.34. The van der Waals surface area contributed by atoms with Gasteiger partial charge in [0.25, 0.3) is 0 Å². The van der Waals surface area contributed by atoms with E-state index in [0.29, 0.717) is 5.56 Å². The summed E-state index contributed by atoms with van der Waals surface area (Å²) in [5.74, 6) is -0.959. The molecule has 1 amide bonds. The number of aromatic carboxylic acids is 1. The summed E-state index contributed by atoms with van der Waals surface area (Å²) in [5, 5.41) is 11.8. The third-order valence-electron chi connectivity index (χ3n) is 3.08. The molecule has 0 saturated carbocycles. The number of amides is 1. The van der Waals surface area contributed by atoms with Crippen LogP contribution in [0.5, 0.6) is 0 Å². The highest BCUT2D eigenvalue weighted by atomic mass is 16.4. The normalized spacial score (nSPS) is 18.3. The molecule has 1 unspecified atom stereocenters. The molecule has 17 heavy (non-hydrogen) atoms. The number of fused-ring (bicyclic) bond motifs is 1. The summed E-state index contributed by atoms with van der Waals surface area (Å²) in [6.07, 6.45) is 2.77. The monoisotopic (exact) mass is 233 g/mol. The minimum Gasteiger partial charge on any atom is -0.478 e. The van der Waals surface area contributed by atoms with E-state index in [-0.39, 0.29) is 11.9 Å². The van der Waals surface area contributed by atoms with Crippen molar-refractivity contribution in [1.29, 1.82) is 0 Å². The van der Waals surface area contributed by atoms with Gasteiger partial charge in [-0.25, -0.2) is 4.79 Å². The van der Waals surface area contributed by atoms with Crippen molar-refractivity contribution in [2.45, 2.75) is 32.2 Å². The average molecular weight is 233 g/mol. The van der Waals surface area contributed by atoms with E-state index in [2.05, 4.69) is 5.32 Å². The lowest BCUT2D eigenvalue weighted by molar-refractivity contribution is -0.119. The molecule has 0 aliphatic heterocycles. The fraction of sp³-hybridized carbons (Fsp3) is 0.385. The first-order valence-corrected chi connectivity index (χ1v) is 5.71. The van der Waals surface area contributed by atoms with Gasteiger partial charge in [0.1, 0.15) is 0 Å². The Labute approximate surface area is 99.6 Å². The summed E-state index contributed by atoms with van der Waals surface area (Å²) in [6, 6.07) is 5.16. The number of carbonyl (C=O) groups excluding carboxylic acids is 1. The lowest BCUT2D eigenvalue weighted by Crippen LogP contribution is -2.29. The molecule has 2 N–H and O–H groups in total. The molecule has 1 aliphatic carbocycles. The van der Waals surface area contributed by atoms with Gasteiger partial charge in [0.15, 0.2) is 0 Å². The quantitative estimate of drug-likeness (QED) is 0.819. The maximum absolute atomic E-state index is 11.1. The smallest absolute Gasteiger partial charge is 0.335 e. The topological polar surface area (TPSA) is 66.4 Å². The van der Waals surface area contributed by atoms with Crippen molar-refractivity contribution in [2.75, 3.05) is 0 Å². The zero-order valence-corrected chi connectivity index (χ0v) is 9.69. The molecule has 0 aromatic heterocycles. The van der Waals surface area contributed by atoms with Crippen LogP contribution in [-0.4, -0.2) is 17.0 Å². The van der Waals surface area contributed by atoms with Crippen molar-refractivity contribution in [3.8, 4) is 0 Å². The number of aryl methyl sites for hydroxylation is 1. The van der Waals surface area contributed by atoms with E-state index < -0.39 is 5.97 Å². The van der Waals surface area contributed by atoms with E-state index in [0.717, 1.165) is 30.4 Å². The molecule has 0 fully saturated rings. The Kier molecular flexibility index (Phi) is 3.13. The van der Waals surface area contributed by atoms with Gasteiger partial charge < -0.3 is 10.4 Å². The molecule has 90 valence electrons. The number of carboxylic acid groups (broad SMARTS) is 1. The van der Waals surface area contributed by atoms with Gasteiger partial charge in [0, 0.05) is 6.92 Å². The van der Waals surface area contributed by atoms with Crippen LogP contribution in [0.4, 0.5) is 0 Å². The lowest BCUT2D eigenvalue weighted by Gasteiger charge is -2.26. The van der Waals surface area contributed by atoms with Crippen molar-refractivity contribution in [3.05, 3.63) is 34.9 Å². The van der Waals surface area contributed by atoms with Crippen LogP contribution in [0.15, 0.2) is 18.2 Å². The first kappa shape index (κ1) is 11.6. The molecule has 1 aromatic carbocycles. The van der Waals surface area contributed by atoms with E-state index in [4.69, 9.17) is 5.11 Å². The predicted molar refractivity (Wildman–Crippen MR) is 62.9 cm³/mol. The van der Waals surface area contributed by atoms with Gasteiger partial charge in [-0.15, -0.1) is 0 Å². The van der Waals surface area contributed by atoms with Crippen LogP contribution in [0, 0.1) is 0 Å². The molecule has 1 aliphatic rings. The molecule has 0 spiro atoms. The van der Waals surface area contributed by atoms with Crippen LogP contribution < -0.4 is 5.32 Å². The van der Waals surface area contributed by atoms with Crippen molar-refractivity contribution in [1.82, 2.24) is 5.32 Å². The number of carboxylic acids is 1. The van der Waals surface area contributed by atoms with Crippen molar-refractivity contribution in [3.63, 3.8) is 0 Å². The first-order chi connectivity index (χ1) is 8.08. The maximum Gasteiger partial charge on any atom is 0.335 e. The van der Waals surface area contributed by atoms with E-state index >= 15 is 0 Å². The molecule has 0 saturated heterocycles. The van der Waals surface area contributed by atoms with Crippen LogP contribution in [0.3, 0.4) is 0 Å². The number of hydrogen-bond acceptors (Lipinski definition) is 2. The molecular formula is C13H15NO3. The molecule has 0 radical (unpaired) electrons. The minimum absolute atomic E-state index is 0.0269. The van der Waals surface area contributed by atoms with Crippen molar-refractivity contribution < 1.29 is 14.7 Å². The first-order valence-electron chi connectivity index (χ1n) is 5.71. The number of rotatable bonds is 2. The predicted octanol–water partition coefficient (Wildman–Crippen LogP) is 1.90. The van der Waals surface area contributed by atoms with Crippen LogP contribution in [0.2, 0.25) is 0 Å².